The van der Waals surface area contributed by atoms with Crippen LogP contribution in [0.2, 0.25) is 0 Å². The first kappa shape index (κ1) is 9.47. The summed E-state index contributed by atoms with van der Waals surface area (Å²) in [5.41, 5.74) is 6.82. The Balaban J connectivity index is 2.33. The lowest BCUT2D eigenvalue weighted by molar-refractivity contribution is 1.29. The molecule has 16 heavy (non-hydrogen) atoms. The van der Waals surface area contributed by atoms with E-state index in [0.29, 0.717) is 0 Å². The lowest BCUT2D eigenvalue weighted by atomic mass is 9.88. The van der Waals surface area contributed by atoms with Crippen LogP contribution in [0.4, 0.5) is 0 Å². The van der Waals surface area contributed by atoms with Gasteiger partial charge in [0.05, 0.1) is 0 Å². The first-order valence-corrected chi connectivity index (χ1v) is 5.70. The summed E-state index contributed by atoms with van der Waals surface area (Å²) in [4.78, 5) is 0. The zero-order valence-electron chi connectivity index (χ0n) is 9.40. The molecule has 0 saturated heterocycles. The Bertz CT molecular complexity index is 567. The monoisotopic (exact) mass is 204 g/mol. The third kappa shape index (κ3) is 1.49. The minimum atomic E-state index is 1.03. The Morgan fingerprint density at radius 1 is 0.938 bits per heavy atom. The number of allylic oxidation sites excluding steroid dienone is 1. The lowest BCUT2D eigenvalue weighted by Crippen LogP contribution is -2.02. The van der Waals surface area contributed by atoms with E-state index in [9.17, 15) is 0 Å². The summed E-state index contributed by atoms with van der Waals surface area (Å²) in [5.74, 6) is 0. The van der Waals surface area contributed by atoms with Crippen LogP contribution in [-0.4, -0.2) is 7.85 Å². The number of rotatable bonds is 0. The Morgan fingerprint density at radius 3 is 2.75 bits per heavy atom. The summed E-state index contributed by atoms with van der Waals surface area (Å²) in [5, 5.41) is 0. The van der Waals surface area contributed by atoms with Gasteiger partial charge in [0.2, 0.25) is 0 Å². The van der Waals surface area contributed by atoms with E-state index in [0.717, 1.165) is 6.42 Å². The molecule has 0 atom stereocenters. The minimum Gasteiger partial charge on any atom is -0.0883 e. The first-order chi connectivity index (χ1) is 7.84. The Labute approximate surface area is 97.0 Å². The minimum absolute atomic E-state index is 1.03. The van der Waals surface area contributed by atoms with Gasteiger partial charge in [-0.3, -0.25) is 0 Å². The molecule has 0 unspecified atom stereocenters. The maximum atomic E-state index is 2.28. The summed E-state index contributed by atoms with van der Waals surface area (Å²) in [6.45, 7) is 0. The van der Waals surface area contributed by atoms with E-state index in [1.807, 2.05) is 0 Å². The highest BCUT2D eigenvalue weighted by Crippen LogP contribution is 2.30. The lowest BCUT2D eigenvalue weighted by Gasteiger charge is -2.09. The average molecular weight is 204 g/mol. The molecular weight excluding hydrogens is 191 g/mol. The first-order valence-electron chi connectivity index (χ1n) is 5.70. The van der Waals surface area contributed by atoms with Gasteiger partial charge in [-0.05, 0) is 28.7 Å². The molecule has 0 fully saturated rings. The molecule has 76 valence electrons. The fourth-order valence-corrected chi connectivity index (χ4v) is 2.32. The predicted octanol–water partition coefficient (Wildman–Crippen LogP) is 2.18. The van der Waals surface area contributed by atoms with Crippen molar-refractivity contribution in [3.8, 4) is 11.1 Å². The van der Waals surface area contributed by atoms with Crippen LogP contribution in [0, 0.1) is 0 Å². The summed E-state index contributed by atoms with van der Waals surface area (Å²) < 4.78 is 0. The highest BCUT2D eigenvalue weighted by atomic mass is 14.1. The van der Waals surface area contributed by atoms with E-state index < -0.39 is 0 Å². The number of hydrogen-bond acceptors (Lipinski definition) is 0. The van der Waals surface area contributed by atoms with Crippen LogP contribution in [-0.2, 0) is 6.42 Å². The number of fused-ring (bicyclic) bond motifs is 3. The van der Waals surface area contributed by atoms with Gasteiger partial charge in [-0.1, -0.05) is 60.1 Å². The second-order valence-corrected chi connectivity index (χ2v) is 4.35. The van der Waals surface area contributed by atoms with Crippen molar-refractivity contribution in [3.05, 3.63) is 59.7 Å². The van der Waals surface area contributed by atoms with Gasteiger partial charge >= 0.3 is 0 Å². The van der Waals surface area contributed by atoms with Gasteiger partial charge in [0, 0.05) is 0 Å². The van der Waals surface area contributed by atoms with Gasteiger partial charge in [-0.15, -0.1) is 0 Å². The molecular formula is C15H13B. The summed E-state index contributed by atoms with van der Waals surface area (Å²) in [6, 6.07) is 15.4. The van der Waals surface area contributed by atoms with Gasteiger partial charge in [0.1, 0.15) is 7.85 Å². The van der Waals surface area contributed by atoms with Crippen LogP contribution in [0.3, 0.4) is 0 Å². The molecule has 2 aromatic rings. The van der Waals surface area contributed by atoms with Crippen LogP contribution in [0.1, 0.15) is 11.1 Å². The third-order valence-electron chi connectivity index (χ3n) is 3.15. The van der Waals surface area contributed by atoms with Crippen LogP contribution < -0.4 is 5.46 Å². The molecule has 0 radical (unpaired) electrons. The smallest absolute Gasteiger partial charge is 0.0883 e. The molecule has 0 nitrogen and oxygen atoms in total. The van der Waals surface area contributed by atoms with E-state index in [1.54, 1.807) is 0 Å². The highest BCUT2D eigenvalue weighted by molar-refractivity contribution is 6.32. The molecule has 0 N–H and O–H groups in total. The maximum Gasteiger partial charge on any atom is 0.139 e. The van der Waals surface area contributed by atoms with Gasteiger partial charge in [0.15, 0.2) is 0 Å². The zero-order chi connectivity index (χ0) is 11.0. The molecule has 0 bridgehead atoms. The second-order valence-electron chi connectivity index (χ2n) is 4.35. The quantitative estimate of drug-likeness (QED) is 0.577. The van der Waals surface area contributed by atoms with Gasteiger partial charge in [-0.2, -0.15) is 0 Å². The van der Waals surface area contributed by atoms with Crippen molar-refractivity contribution in [1.29, 1.82) is 0 Å². The Morgan fingerprint density at radius 2 is 1.81 bits per heavy atom. The van der Waals surface area contributed by atoms with Crippen molar-refractivity contribution in [2.45, 2.75) is 6.42 Å². The van der Waals surface area contributed by atoms with Gasteiger partial charge in [0.25, 0.3) is 0 Å². The SMILES string of the molecule is Bc1ccc2c(c1)-c1ccccc1CC=C2. The van der Waals surface area contributed by atoms with Crippen molar-refractivity contribution in [1.82, 2.24) is 0 Å². The molecule has 1 aliphatic rings. The maximum absolute atomic E-state index is 2.28. The van der Waals surface area contributed by atoms with E-state index in [2.05, 4.69) is 62.5 Å². The molecule has 2 aromatic carbocycles. The largest absolute Gasteiger partial charge is 0.139 e. The third-order valence-corrected chi connectivity index (χ3v) is 3.15. The summed E-state index contributed by atoms with van der Waals surface area (Å²) >= 11 is 0. The van der Waals surface area contributed by atoms with Crippen LogP contribution in [0.15, 0.2) is 48.5 Å². The fraction of sp³-hybridized carbons (Fsp3) is 0.0667. The van der Waals surface area contributed by atoms with Crippen LogP contribution in [0.5, 0.6) is 0 Å². The van der Waals surface area contributed by atoms with Crippen LogP contribution in [0.25, 0.3) is 17.2 Å². The standard InChI is InChI=1S/C15H13B/c16-13-9-8-12-6-3-5-11-4-1-2-7-14(11)15(12)10-13/h1-4,6-10H,5,16H2. The molecule has 3 rings (SSSR count). The topological polar surface area (TPSA) is 0 Å². The number of benzene rings is 2. The van der Waals surface area contributed by atoms with E-state index in [1.165, 1.54) is 27.7 Å². The fourth-order valence-electron chi connectivity index (χ4n) is 2.32. The van der Waals surface area contributed by atoms with Crippen molar-refractivity contribution in [2.75, 3.05) is 0 Å². The second kappa shape index (κ2) is 3.68. The van der Waals surface area contributed by atoms with Crippen molar-refractivity contribution >= 4 is 19.4 Å². The van der Waals surface area contributed by atoms with Gasteiger partial charge in [-0.25, -0.2) is 0 Å². The normalized spacial score (nSPS) is 12.8. The van der Waals surface area contributed by atoms with Crippen LogP contribution >= 0.6 is 0 Å². The zero-order valence-corrected chi connectivity index (χ0v) is 9.40. The molecule has 0 spiro atoms. The summed E-state index contributed by atoms with van der Waals surface area (Å²) in [7, 11) is 2.15. The van der Waals surface area contributed by atoms with Gasteiger partial charge < -0.3 is 0 Å². The Kier molecular flexibility index (Phi) is 2.18. The van der Waals surface area contributed by atoms with E-state index in [4.69, 9.17) is 0 Å². The van der Waals surface area contributed by atoms with E-state index >= 15 is 0 Å². The molecule has 0 heterocycles. The average Bonchev–Trinajstić information content (AvgIpc) is 2.48. The number of hydrogen-bond donors (Lipinski definition) is 0. The van der Waals surface area contributed by atoms with Crippen molar-refractivity contribution in [3.63, 3.8) is 0 Å². The molecule has 1 heteroatoms. The predicted molar refractivity (Wildman–Crippen MR) is 72.8 cm³/mol. The highest BCUT2D eigenvalue weighted by Gasteiger charge is 2.09. The molecule has 0 aliphatic heterocycles. The van der Waals surface area contributed by atoms with Crippen molar-refractivity contribution < 1.29 is 0 Å². The van der Waals surface area contributed by atoms with E-state index in [-0.39, 0.29) is 0 Å². The Hall–Kier alpha value is -1.76. The molecule has 0 amide bonds. The summed E-state index contributed by atoms with van der Waals surface area (Å²) in [6.07, 6.45) is 5.51. The molecule has 0 aromatic heterocycles. The molecule has 0 saturated carbocycles. The van der Waals surface area contributed by atoms with Crippen molar-refractivity contribution in [2.24, 2.45) is 0 Å². The molecule has 1 aliphatic carbocycles.